The monoisotopic (exact) mass is 445 g/mol. The van der Waals surface area contributed by atoms with E-state index in [2.05, 4.69) is 28.1 Å². The van der Waals surface area contributed by atoms with Crippen molar-refractivity contribution in [2.45, 2.75) is 26.7 Å². The number of carbonyl (C=O) groups excluding carboxylic acids is 2. The van der Waals surface area contributed by atoms with E-state index in [1.165, 1.54) is 5.56 Å². The molecule has 0 fully saturated rings. The van der Waals surface area contributed by atoms with E-state index in [1.807, 2.05) is 56.3 Å². The molecular weight excluding hydrogens is 414 g/mol. The third kappa shape index (κ3) is 8.00. The lowest BCUT2D eigenvalue weighted by Crippen LogP contribution is -2.22. The number of anilines is 3. The summed E-state index contributed by atoms with van der Waals surface area (Å²) < 4.78 is 5.95. The lowest BCUT2D eigenvalue weighted by Gasteiger charge is -2.14. The third-order valence-electron chi connectivity index (χ3n) is 4.97. The number of para-hydroxylation sites is 2. The Labute approximate surface area is 195 Å². The highest BCUT2D eigenvalue weighted by Gasteiger charge is 2.09. The zero-order valence-electron chi connectivity index (χ0n) is 19.1. The molecular formula is C27H31N3O3. The SMILES string of the molecule is CC(C)C(=O)Nc1cccc(NC(=O)CNc2ccccc2OCCCc2ccccc2)c1. The quantitative estimate of drug-likeness (QED) is 0.348. The van der Waals surface area contributed by atoms with Crippen LogP contribution < -0.4 is 20.7 Å². The molecule has 0 aliphatic carbocycles. The first kappa shape index (κ1) is 23.9. The van der Waals surface area contributed by atoms with Gasteiger partial charge in [-0.25, -0.2) is 0 Å². The van der Waals surface area contributed by atoms with Crippen molar-refractivity contribution < 1.29 is 14.3 Å². The van der Waals surface area contributed by atoms with Gasteiger partial charge >= 0.3 is 0 Å². The molecule has 172 valence electrons. The number of carbonyl (C=O) groups is 2. The van der Waals surface area contributed by atoms with Crippen LogP contribution in [0.4, 0.5) is 17.1 Å². The molecule has 33 heavy (non-hydrogen) atoms. The minimum Gasteiger partial charge on any atom is -0.491 e. The summed E-state index contributed by atoms with van der Waals surface area (Å²) in [5.74, 6) is 0.339. The maximum absolute atomic E-state index is 12.5. The van der Waals surface area contributed by atoms with Gasteiger partial charge in [-0.05, 0) is 48.7 Å². The van der Waals surface area contributed by atoms with E-state index in [1.54, 1.807) is 24.3 Å². The first-order valence-corrected chi connectivity index (χ1v) is 11.2. The van der Waals surface area contributed by atoms with Crippen LogP contribution in [-0.2, 0) is 16.0 Å². The summed E-state index contributed by atoms with van der Waals surface area (Å²) >= 11 is 0. The summed E-state index contributed by atoms with van der Waals surface area (Å²) in [7, 11) is 0. The molecule has 3 aromatic carbocycles. The van der Waals surface area contributed by atoms with Crippen LogP contribution >= 0.6 is 0 Å². The molecule has 0 spiro atoms. The van der Waals surface area contributed by atoms with Crippen LogP contribution in [0.3, 0.4) is 0 Å². The molecule has 3 aromatic rings. The Hall–Kier alpha value is -3.80. The smallest absolute Gasteiger partial charge is 0.243 e. The molecule has 3 rings (SSSR count). The van der Waals surface area contributed by atoms with Crippen molar-refractivity contribution in [3.63, 3.8) is 0 Å². The number of ether oxygens (including phenoxy) is 1. The normalized spacial score (nSPS) is 10.5. The van der Waals surface area contributed by atoms with Crippen LogP contribution in [0.5, 0.6) is 5.75 Å². The Bertz CT molecular complexity index is 1050. The summed E-state index contributed by atoms with van der Waals surface area (Å²) in [6.45, 7) is 4.34. The van der Waals surface area contributed by atoms with Gasteiger partial charge in [0.05, 0.1) is 18.8 Å². The maximum atomic E-state index is 12.5. The van der Waals surface area contributed by atoms with E-state index in [0.717, 1.165) is 24.3 Å². The fourth-order valence-electron chi connectivity index (χ4n) is 3.18. The van der Waals surface area contributed by atoms with Crippen LogP contribution in [0, 0.1) is 5.92 Å². The number of hydrogen-bond donors (Lipinski definition) is 3. The molecule has 0 saturated heterocycles. The molecule has 3 N–H and O–H groups in total. The van der Waals surface area contributed by atoms with Crippen molar-refractivity contribution in [3.8, 4) is 5.75 Å². The number of benzene rings is 3. The molecule has 0 unspecified atom stereocenters. The highest BCUT2D eigenvalue weighted by atomic mass is 16.5. The number of hydrogen-bond acceptors (Lipinski definition) is 4. The van der Waals surface area contributed by atoms with Crippen molar-refractivity contribution in [2.24, 2.45) is 5.92 Å². The predicted molar refractivity (Wildman–Crippen MR) is 134 cm³/mol. The van der Waals surface area contributed by atoms with Crippen molar-refractivity contribution in [2.75, 3.05) is 29.1 Å². The standard InChI is InChI=1S/C27H31N3O3/c1-20(2)27(32)30-23-14-8-13-22(18-23)29-26(31)19-28-24-15-6-7-16-25(24)33-17-9-12-21-10-4-3-5-11-21/h3-8,10-11,13-16,18,20,28H,9,12,17,19H2,1-2H3,(H,29,31)(H,30,32). The second-order valence-corrected chi connectivity index (χ2v) is 8.06. The van der Waals surface area contributed by atoms with Gasteiger partial charge in [-0.1, -0.05) is 62.4 Å². The zero-order chi connectivity index (χ0) is 23.5. The Morgan fingerprint density at radius 1 is 0.848 bits per heavy atom. The summed E-state index contributed by atoms with van der Waals surface area (Å²) in [6.07, 6.45) is 1.86. The Balaban J connectivity index is 1.48. The Morgan fingerprint density at radius 3 is 2.30 bits per heavy atom. The molecule has 0 atom stereocenters. The van der Waals surface area contributed by atoms with Gasteiger partial charge in [0.25, 0.3) is 0 Å². The minimum atomic E-state index is -0.193. The Morgan fingerprint density at radius 2 is 1.55 bits per heavy atom. The molecule has 0 aliphatic heterocycles. The summed E-state index contributed by atoms with van der Waals surface area (Å²) in [4.78, 5) is 24.3. The second-order valence-electron chi connectivity index (χ2n) is 8.06. The average Bonchev–Trinajstić information content (AvgIpc) is 2.82. The number of amides is 2. The van der Waals surface area contributed by atoms with Crippen LogP contribution in [0.1, 0.15) is 25.8 Å². The van der Waals surface area contributed by atoms with E-state index < -0.39 is 0 Å². The largest absolute Gasteiger partial charge is 0.491 e. The van der Waals surface area contributed by atoms with E-state index >= 15 is 0 Å². The van der Waals surface area contributed by atoms with E-state index in [0.29, 0.717) is 18.0 Å². The molecule has 6 nitrogen and oxygen atoms in total. The highest BCUT2D eigenvalue weighted by molar-refractivity contribution is 5.96. The molecule has 0 radical (unpaired) electrons. The maximum Gasteiger partial charge on any atom is 0.243 e. The van der Waals surface area contributed by atoms with Gasteiger partial charge in [0.2, 0.25) is 11.8 Å². The van der Waals surface area contributed by atoms with Crippen molar-refractivity contribution in [1.29, 1.82) is 0 Å². The minimum absolute atomic E-state index is 0.0690. The van der Waals surface area contributed by atoms with Crippen molar-refractivity contribution >= 4 is 28.9 Å². The third-order valence-corrected chi connectivity index (χ3v) is 4.97. The predicted octanol–water partition coefficient (Wildman–Crippen LogP) is 5.34. The van der Waals surface area contributed by atoms with Crippen molar-refractivity contribution in [3.05, 3.63) is 84.4 Å². The van der Waals surface area contributed by atoms with Gasteiger partial charge < -0.3 is 20.7 Å². The average molecular weight is 446 g/mol. The number of aryl methyl sites for hydroxylation is 1. The van der Waals surface area contributed by atoms with Gasteiger partial charge in [0.1, 0.15) is 5.75 Å². The fraction of sp³-hybridized carbons (Fsp3) is 0.259. The lowest BCUT2D eigenvalue weighted by atomic mass is 10.1. The highest BCUT2D eigenvalue weighted by Crippen LogP contribution is 2.24. The van der Waals surface area contributed by atoms with Crippen molar-refractivity contribution in [1.82, 2.24) is 0 Å². The van der Waals surface area contributed by atoms with Crippen LogP contribution in [-0.4, -0.2) is 25.0 Å². The van der Waals surface area contributed by atoms with Gasteiger partial charge in [0.15, 0.2) is 0 Å². The molecule has 2 amide bonds. The van der Waals surface area contributed by atoms with E-state index in [-0.39, 0.29) is 24.3 Å². The van der Waals surface area contributed by atoms with Gasteiger partial charge in [-0.2, -0.15) is 0 Å². The topological polar surface area (TPSA) is 79.5 Å². The molecule has 0 aromatic heterocycles. The molecule has 0 aliphatic rings. The first-order valence-electron chi connectivity index (χ1n) is 11.2. The van der Waals surface area contributed by atoms with E-state index in [9.17, 15) is 9.59 Å². The molecule has 6 heteroatoms. The Kier molecular flexibility index (Phi) is 8.88. The zero-order valence-corrected chi connectivity index (χ0v) is 19.1. The van der Waals surface area contributed by atoms with E-state index in [4.69, 9.17) is 4.74 Å². The molecule has 0 bridgehead atoms. The fourth-order valence-corrected chi connectivity index (χ4v) is 3.18. The molecule has 0 saturated carbocycles. The summed E-state index contributed by atoms with van der Waals surface area (Å²) in [5, 5.41) is 8.83. The molecule has 0 heterocycles. The second kappa shape index (κ2) is 12.3. The van der Waals surface area contributed by atoms with Crippen LogP contribution in [0.2, 0.25) is 0 Å². The lowest BCUT2D eigenvalue weighted by molar-refractivity contribution is -0.119. The first-order chi connectivity index (χ1) is 16.0. The number of rotatable bonds is 11. The van der Waals surface area contributed by atoms with Crippen LogP contribution in [0.15, 0.2) is 78.9 Å². The summed E-state index contributed by atoms with van der Waals surface area (Å²) in [6, 6.07) is 25.0. The summed E-state index contributed by atoms with van der Waals surface area (Å²) in [5.41, 5.74) is 3.32. The van der Waals surface area contributed by atoms with Gasteiger partial charge in [0, 0.05) is 17.3 Å². The van der Waals surface area contributed by atoms with Crippen LogP contribution in [0.25, 0.3) is 0 Å². The van der Waals surface area contributed by atoms with Gasteiger partial charge in [-0.15, -0.1) is 0 Å². The van der Waals surface area contributed by atoms with Gasteiger partial charge in [-0.3, -0.25) is 9.59 Å². The number of nitrogens with one attached hydrogen (secondary N) is 3.